The fourth-order valence-electron chi connectivity index (χ4n) is 1.44. The molecule has 0 bridgehead atoms. The van der Waals surface area contributed by atoms with Gasteiger partial charge in [-0.15, -0.1) is 0 Å². The Kier molecular flexibility index (Phi) is 7.99. The quantitative estimate of drug-likeness (QED) is 0.551. The Morgan fingerprint density at radius 1 is 1.00 bits per heavy atom. The van der Waals surface area contributed by atoms with Gasteiger partial charge in [-0.25, -0.2) is 0 Å². The first kappa shape index (κ1) is 14.1. The summed E-state index contributed by atoms with van der Waals surface area (Å²) in [7, 11) is 0. The molecular weight excluding hydrogens is 284 g/mol. The summed E-state index contributed by atoms with van der Waals surface area (Å²) in [5.41, 5.74) is 1.23. The van der Waals surface area contributed by atoms with Crippen LogP contribution in [0, 0.1) is 0 Å². The van der Waals surface area contributed by atoms with E-state index in [-0.39, 0.29) is 0 Å². The molecule has 1 aromatic carbocycles. The molecule has 0 heterocycles. The largest absolute Gasteiger partial charge is 0.377 e. The molecule has 0 amide bonds. The summed E-state index contributed by atoms with van der Waals surface area (Å²) in [6.45, 7) is 1.59. The molecular formula is C13H19BrOS. The van der Waals surface area contributed by atoms with Crippen LogP contribution in [-0.2, 0) is 11.3 Å². The average molecular weight is 303 g/mol. The molecule has 0 fully saturated rings. The molecule has 0 N–H and O–H groups in total. The second-order valence-corrected chi connectivity index (χ2v) is 5.18. The first-order chi connectivity index (χ1) is 7.83. The summed E-state index contributed by atoms with van der Waals surface area (Å²) >= 11 is 7.60. The third kappa shape index (κ3) is 6.56. The molecule has 1 aromatic rings. The van der Waals surface area contributed by atoms with Gasteiger partial charge in [-0.3, -0.25) is 0 Å². The number of rotatable bonds is 8. The predicted octanol–water partition coefficient (Wildman–Crippen LogP) is 4.46. The smallest absolute Gasteiger partial charge is 0.0716 e. The van der Waals surface area contributed by atoms with Gasteiger partial charge in [0.1, 0.15) is 0 Å². The van der Waals surface area contributed by atoms with Crippen LogP contribution in [0.3, 0.4) is 0 Å². The number of thiol groups is 1. The molecule has 1 rings (SSSR count). The molecule has 90 valence electrons. The van der Waals surface area contributed by atoms with Gasteiger partial charge in [0.15, 0.2) is 0 Å². The standard InChI is InChI=1S/C13H19BrOS/c14-13-7-5-12(6-8-13)11-15-9-3-1-2-4-10-16/h5-8,16H,1-4,9-11H2. The maximum atomic E-state index is 5.61. The zero-order valence-corrected chi connectivity index (χ0v) is 12.0. The van der Waals surface area contributed by atoms with Crippen LogP contribution >= 0.6 is 28.6 Å². The van der Waals surface area contributed by atoms with Crippen LogP contribution in [0.5, 0.6) is 0 Å². The van der Waals surface area contributed by atoms with Crippen LogP contribution in [-0.4, -0.2) is 12.4 Å². The summed E-state index contributed by atoms with van der Waals surface area (Å²) in [5.74, 6) is 1.000. The van der Waals surface area contributed by atoms with E-state index in [0.717, 1.165) is 29.9 Å². The minimum absolute atomic E-state index is 0.722. The summed E-state index contributed by atoms with van der Waals surface area (Å²) in [6, 6.07) is 8.27. The van der Waals surface area contributed by atoms with Crippen LogP contribution in [0.15, 0.2) is 28.7 Å². The third-order valence-electron chi connectivity index (χ3n) is 2.38. The van der Waals surface area contributed by atoms with Crippen molar-refractivity contribution in [2.75, 3.05) is 12.4 Å². The molecule has 1 nitrogen and oxygen atoms in total. The lowest BCUT2D eigenvalue weighted by molar-refractivity contribution is 0.117. The number of unbranched alkanes of at least 4 members (excludes halogenated alkanes) is 3. The van der Waals surface area contributed by atoms with Gasteiger partial charge in [0.25, 0.3) is 0 Å². The highest BCUT2D eigenvalue weighted by atomic mass is 79.9. The van der Waals surface area contributed by atoms with Crippen molar-refractivity contribution >= 4 is 28.6 Å². The second-order valence-electron chi connectivity index (χ2n) is 3.82. The number of halogens is 1. The van der Waals surface area contributed by atoms with Crippen LogP contribution in [0.2, 0.25) is 0 Å². The van der Waals surface area contributed by atoms with Gasteiger partial charge in [-0.05, 0) is 36.3 Å². The van der Waals surface area contributed by atoms with Crippen molar-refractivity contribution in [2.24, 2.45) is 0 Å². The van der Waals surface area contributed by atoms with E-state index in [9.17, 15) is 0 Å². The van der Waals surface area contributed by atoms with Crippen molar-refractivity contribution in [1.82, 2.24) is 0 Å². The van der Waals surface area contributed by atoms with Crippen molar-refractivity contribution in [3.8, 4) is 0 Å². The van der Waals surface area contributed by atoms with Crippen LogP contribution in [0.4, 0.5) is 0 Å². The Hall–Kier alpha value is 0.01000. The minimum atomic E-state index is 0.722. The fourth-order valence-corrected chi connectivity index (χ4v) is 1.93. The number of hydrogen-bond acceptors (Lipinski definition) is 2. The van der Waals surface area contributed by atoms with E-state index >= 15 is 0 Å². The molecule has 0 radical (unpaired) electrons. The number of benzene rings is 1. The minimum Gasteiger partial charge on any atom is -0.377 e. The topological polar surface area (TPSA) is 9.23 Å². The normalized spacial score (nSPS) is 10.6. The van der Waals surface area contributed by atoms with Crippen molar-refractivity contribution in [2.45, 2.75) is 32.3 Å². The summed E-state index contributed by atoms with van der Waals surface area (Å²) in [5, 5.41) is 0. The highest BCUT2D eigenvalue weighted by Crippen LogP contribution is 2.11. The molecule has 0 aliphatic carbocycles. The monoisotopic (exact) mass is 302 g/mol. The van der Waals surface area contributed by atoms with Gasteiger partial charge >= 0.3 is 0 Å². The molecule has 0 saturated heterocycles. The lowest BCUT2D eigenvalue weighted by atomic mass is 10.2. The molecule has 0 saturated carbocycles. The van der Waals surface area contributed by atoms with Gasteiger partial charge < -0.3 is 4.74 Å². The van der Waals surface area contributed by atoms with Crippen LogP contribution in [0.25, 0.3) is 0 Å². The van der Waals surface area contributed by atoms with Crippen LogP contribution in [0.1, 0.15) is 31.2 Å². The van der Waals surface area contributed by atoms with E-state index in [1.54, 1.807) is 0 Å². The van der Waals surface area contributed by atoms with Crippen molar-refractivity contribution < 1.29 is 4.74 Å². The highest BCUT2D eigenvalue weighted by Gasteiger charge is 1.94. The van der Waals surface area contributed by atoms with Gasteiger partial charge in [0.2, 0.25) is 0 Å². The summed E-state index contributed by atoms with van der Waals surface area (Å²) < 4.78 is 6.72. The van der Waals surface area contributed by atoms with Crippen molar-refractivity contribution in [3.63, 3.8) is 0 Å². The molecule has 16 heavy (non-hydrogen) atoms. The van der Waals surface area contributed by atoms with E-state index in [1.165, 1.54) is 24.8 Å². The fraction of sp³-hybridized carbons (Fsp3) is 0.538. The number of hydrogen-bond donors (Lipinski definition) is 1. The van der Waals surface area contributed by atoms with Crippen LogP contribution < -0.4 is 0 Å². The van der Waals surface area contributed by atoms with Gasteiger partial charge in [-0.2, -0.15) is 12.6 Å². The lowest BCUT2D eigenvalue weighted by Gasteiger charge is -2.04. The lowest BCUT2D eigenvalue weighted by Crippen LogP contribution is -1.95. The highest BCUT2D eigenvalue weighted by molar-refractivity contribution is 9.10. The molecule has 0 spiro atoms. The Bertz CT molecular complexity index is 274. The van der Waals surface area contributed by atoms with E-state index in [0.29, 0.717) is 0 Å². The third-order valence-corrected chi connectivity index (χ3v) is 3.22. The summed E-state index contributed by atoms with van der Waals surface area (Å²) in [4.78, 5) is 0. The zero-order chi connectivity index (χ0) is 11.6. The number of ether oxygens (including phenoxy) is 1. The van der Waals surface area contributed by atoms with Gasteiger partial charge in [0.05, 0.1) is 6.61 Å². The molecule has 0 unspecified atom stereocenters. The zero-order valence-electron chi connectivity index (χ0n) is 9.49. The molecule has 0 aromatic heterocycles. The molecule has 0 aliphatic heterocycles. The Labute approximate surface area is 112 Å². The molecule has 0 atom stereocenters. The van der Waals surface area contributed by atoms with E-state index in [4.69, 9.17) is 4.74 Å². The Balaban J connectivity index is 2.01. The Morgan fingerprint density at radius 3 is 2.38 bits per heavy atom. The molecule has 3 heteroatoms. The first-order valence-electron chi connectivity index (χ1n) is 5.76. The van der Waals surface area contributed by atoms with Gasteiger partial charge in [-0.1, -0.05) is 40.9 Å². The average Bonchev–Trinajstić information content (AvgIpc) is 2.30. The van der Waals surface area contributed by atoms with E-state index in [1.807, 2.05) is 12.1 Å². The first-order valence-corrected chi connectivity index (χ1v) is 7.18. The SMILES string of the molecule is SCCCCCCOCc1ccc(Br)cc1. The summed E-state index contributed by atoms with van der Waals surface area (Å²) in [6.07, 6.45) is 4.90. The predicted molar refractivity (Wildman–Crippen MR) is 76.1 cm³/mol. The van der Waals surface area contributed by atoms with E-state index in [2.05, 4.69) is 40.7 Å². The second kappa shape index (κ2) is 9.08. The maximum Gasteiger partial charge on any atom is 0.0716 e. The maximum absolute atomic E-state index is 5.61. The van der Waals surface area contributed by atoms with Gasteiger partial charge in [0, 0.05) is 11.1 Å². The van der Waals surface area contributed by atoms with Crippen molar-refractivity contribution in [3.05, 3.63) is 34.3 Å². The Morgan fingerprint density at radius 2 is 1.69 bits per heavy atom. The van der Waals surface area contributed by atoms with E-state index < -0.39 is 0 Å². The molecule has 0 aliphatic rings. The van der Waals surface area contributed by atoms with Crippen molar-refractivity contribution in [1.29, 1.82) is 0 Å².